The van der Waals surface area contributed by atoms with Gasteiger partial charge in [-0.2, -0.15) is 0 Å². The van der Waals surface area contributed by atoms with Gasteiger partial charge in [0.25, 0.3) is 0 Å². The monoisotopic (exact) mass is 358 g/mol. The minimum atomic E-state index is 0.609. The molecule has 2 aliphatic heterocycles. The van der Waals surface area contributed by atoms with Crippen molar-refractivity contribution < 1.29 is 0 Å². The van der Waals surface area contributed by atoms with E-state index in [4.69, 9.17) is 0 Å². The van der Waals surface area contributed by atoms with E-state index in [1.54, 1.807) is 0 Å². The topological polar surface area (TPSA) is 13.0 Å². The van der Waals surface area contributed by atoms with Crippen LogP contribution < -0.4 is 0 Å². The molecule has 1 aromatic carbocycles. The van der Waals surface area contributed by atoms with Crippen LogP contribution in [-0.4, -0.2) is 90.1 Å². The van der Waals surface area contributed by atoms with Gasteiger partial charge in [0, 0.05) is 70.0 Å². The molecule has 2 atom stereocenters. The van der Waals surface area contributed by atoms with E-state index in [-0.39, 0.29) is 0 Å². The van der Waals surface area contributed by atoms with Crippen molar-refractivity contribution >= 4 is 0 Å². The van der Waals surface area contributed by atoms with E-state index in [2.05, 4.69) is 84.7 Å². The number of hydrogen-bond donors (Lipinski definition) is 0. The van der Waals surface area contributed by atoms with Crippen molar-refractivity contribution in [2.75, 3.05) is 46.3 Å². The van der Waals surface area contributed by atoms with Gasteiger partial charge in [-0.1, -0.05) is 30.3 Å². The predicted molar refractivity (Wildman–Crippen MR) is 110 cm³/mol. The lowest BCUT2D eigenvalue weighted by molar-refractivity contribution is -0.0404. The van der Waals surface area contributed by atoms with Gasteiger partial charge in [-0.15, -0.1) is 0 Å². The molecule has 146 valence electrons. The van der Waals surface area contributed by atoms with Crippen LogP contribution >= 0.6 is 0 Å². The number of likely N-dealkylation sites (N-methyl/N-ethyl adjacent to an activating group) is 1. The predicted octanol–water partition coefficient (Wildman–Crippen LogP) is 2.61. The van der Waals surface area contributed by atoms with E-state index in [0.29, 0.717) is 24.2 Å². The van der Waals surface area contributed by atoms with Gasteiger partial charge in [-0.3, -0.25) is 14.7 Å². The Morgan fingerprint density at radius 2 is 1.38 bits per heavy atom. The normalized spacial score (nSPS) is 27.5. The lowest BCUT2D eigenvalue weighted by Crippen LogP contribution is -2.68. The molecule has 2 aliphatic rings. The Labute approximate surface area is 160 Å². The van der Waals surface area contributed by atoms with E-state index < -0.39 is 0 Å². The molecule has 0 aromatic heterocycles. The second-order valence-corrected chi connectivity index (χ2v) is 8.78. The van der Waals surface area contributed by atoms with Crippen molar-refractivity contribution in [2.45, 2.75) is 58.4 Å². The molecule has 2 unspecified atom stereocenters. The first-order valence-corrected chi connectivity index (χ1v) is 10.4. The molecule has 0 saturated carbocycles. The lowest BCUT2D eigenvalue weighted by Gasteiger charge is -2.53. The zero-order valence-electron chi connectivity index (χ0n) is 17.4. The van der Waals surface area contributed by atoms with Gasteiger partial charge in [0.15, 0.2) is 0 Å². The summed E-state index contributed by atoms with van der Waals surface area (Å²) in [6.07, 6.45) is 0. The summed E-state index contributed by atoms with van der Waals surface area (Å²) in [6, 6.07) is 13.4. The molecule has 2 fully saturated rings. The molecule has 4 nitrogen and oxygen atoms in total. The Morgan fingerprint density at radius 3 is 2.00 bits per heavy atom. The van der Waals surface area contributed by atoms with Gasteiger partial charge in [0.2, 0.25) is 0 Å². The molecule has 0 bridgehead atoms. The average Bonchev–Trinajstić information content (AvgIpc) is 2.62. The summed E-state index contributed by atoms with van der Waals surface area (Å²) in [4.78, 5) is 10.7. The summed E-state index contributed by atoms with van der Waals surface area (Å²) in [5.74, 6) is 0. The summed E-state index contributed by atoms with van der Waals surface area (Å²) in [6.45, 7) is 17.6. The maximum atomic E-state index is 2.76. The summed E-state index contributed by atoms with van der Waals surface area (Å²) >= 11 is 0. The first-order chi connectivity index (χ1) is 12.5. The second kappa shape index (κ2) is 8.83. The summed E-state index contributed by atoms with van der Waals surface area (Å²) in [5.41, 5.74) is 1.44. The standard InChI is InChI=1S/C22H38N4/c1-18(2)25-13-11-23(5)16-21(25)22-17-24(12-14-26(22)19(3)4)15-20-9-7-6-8-10-20/h6-10,18-19,21-22H,11-17H2,1-5H3. The molecular formula is C22H38N4. The van der Waals surface area contributed by atoms with Gasteiger partial charge in [-0.05, 0) is 40.3 Å². The van der Waals surface area contributed by atoms with Crippen LogP contribution in [0.4, 0.5) is 0 Å². The summed E-state index contributed by atoms with van der Waals surface area (Å²) < 4.78 is 0. The van der Waals surface area contributed by atoms with Crippen LogP contribution in [0.2, 0.25) is 0 Å². The van der Waals surface area contributed by atoms with Gasteiger partial charge in [0.05, 0.1) is 0 Å². The van der Waals surface area contributed by atoms with Gasteiger partial charge in [-0.25, -0.2) is 0 Å². The molecule has 1 aromatic rings. The van der Waals surface area contributed by atoms with Crippen LogP contribution in [0.1, 0.15) is 33.3 Å². The molecular weight excluding hydrogens is 320 g/mol. The molecule has 0 radical (unpaired) electrons. The van der Waals surface area contributed by atoms with Crippen molar-refractivity contribution in [2.24, 2.45) is 0 Å². The molecule has 0 N–H and O–H groups in total. The Morgan fingerprint density at radius 1 is 0.808 bits per heavy atom. The van der Waals surface area contributed by atoms with Crippen LogP contribution in [0.3, 0.4) is 0 Å². The maximum absolute atomic E-state index is 2.76. The largest absolute Gasteiger partial charge is 0.303 e. The first kappa shape index (κ1) is 19.8. The van der Waals surface area contributed by atoms with Crippen LogP contribution in [0.5, 0.6) is 0 Å². The van der Waals surface area contributed by atoms with Crippen molar-refractivity contribution in [1.29, 1.82) is 0 Å². The van der Waals surface area contributed by atoms with Gasteiger partial charge in [0.1, 0.15) is 0 Å². The number of hydrogen-bond acceptors (Lipinski definition) is 4. The van der Waals surface area contributed by atoms with Crippen LogP contribution in [-0.2, 0) is 6.54 Å². The second-order valence-electron chi connectivity index (χ2n) is 8.78. The zero-order chi connectivity index (χ0) is 18.7. The smallest absolute Gasteiger partial charge is 0.0394 e. The molecule has 26 heavy (non-hydrogen) atoms. The van der Waals surface area contributed by atoms with Crippen molar-refractivity contribution in [3.8, 4) is 0 Å². The third kappa shape index (κ3) is 4.66. The summed E-state index contributed by atoms with van der Waals surface area (Å²) in [7, 11) is 2.29. The van der Waals surface area contributed by atoms with Crippen LogP contribution in [0, 0.1) is 0 Å². The molecule has 0 amide bonds. The first-order valence-electron chi connectivity index (χ1n) is 10.4. The number of benzene rings is 1. The fourth-order valence-electron chi connectivity index (χ4n) is 4.80. The lowest BCUT2D eigenvalue weighted by atomic mass is 9.96. The Balaban J connectivity index is 1.77. The number of piperazine rings is 2. The molecule has 3 rings (SSSR count). The minimum absolute atomic E-state index is 0.609. The minimum Gasteiger partial charge on any atom is -0.303 e. The zero-order valence-corrected chi connectivity index (χ0v) is 17.4. The van der Waals surface area contributed by atoms with Crippen LogP contribution in [0.25, 0.3) is 0 Å². The SMILES string of the molecule is CC(C)N1CCN(C)CC1C1CN(Cc2ccccc2)CCN1C(C)C. The maximum Gasteiger partial charge on any atom is 0.0394 e. The highest BCUT2D eigenvalue weighted by molar-refractivity contribution is 5.14. The van der Waals surface area contributed by atoms with Gasteiger partial charge >= 0.3 is 0 Å². The van der Waals surface area contributed by atoms with E-state index in [1.165, 1.54) is 44.8 Å². The number of rotatable bonds is 5. The Hall–Kier alpha value is -0.940. The molecule has 2 saturated heterocycles. The molecule has 0 aliphatic carbocycles. The third-order valence-electron chi connectivity index (χ3n) is 6.23. The van der Waals surface area contributed by atoms with E-state index in [9.17, 15) is 0 Å². The highest BCUT2D eigenvalue weighted by Crippen LogP contribution is 2.25. The quantitative estimate of drug-likeness (QED) is 0.802. The van der Waals surface area contributed by atoms with Crippen molar-refractivity contribution in [1.82, 2.24) is 19.6 Å². The molecule has 0 spiro atoms. The Bertz CT molecular complexity index is 544. The fraction of sp³-hybridized carbons (Fsp3) is 0.727. The molecule has 2 heterocycles. The van der Waals surface area contributed by atoms with E-state index in [1.807, 2.05) is 0 Å². The highest BCUT2D eigenvalue weighted by atomic mass is 15.4. The highest BCUT2D eigenvalue weighted by Gasteiger charge is 2.40. The van der Waals surface area contributed by atoms with Gasteiger partial charge < -0.3 is 4.90 Å². The average molecular weight is 359 g/mol. The van der Waals surface area contributed by atoms with E-state index >= 15 is 0 Å². The number of nitrogens with zero attached hydrogens (tertiary/aromatic N) is 4. The van der Waals surface area contributed by atoms with E-state index in [0.717, 1.165) is 6.54 Å². The Kier molecular flexibility index (Phi) is 6.73. The fourth-order valence-corrected chi connectivity index (χ4v) is 4.80. The van der Waals surface area contributed by atoms with Crippen molar-refractivity contribution in [3.63, 3.8) is 0 Å². The molecule has 4 heteroatoms. The van der Waals surface area contributed by atoms with Crippen LogP contribution in [0.15, 0.2) is 30.3 Å². The van der Waals surface area contributed by atoms with Crippen molar-refractivity contribution in [3.05, 3.63) is 35.9 Å². The third-order valence-corrected chi connectivity index (χ3v) is 6.23. The summed E-state index contributed by atoms with van der Waals surface area (Å²) in [5, 5.41) is 0.